The Morgan fingerprint density at radius 1 is 1.24 bits per heavy atom. The molecule has 0 aliphatic carbocycles. The van der Waals surface area contributed by atoms with Gasteiger partial charge in [-0.2, -0.15) is 0 Å². The summed E-state index contributed by atoms with van der Waals surface area (Å²) in [4.78, 5) is 19.9. The normalized spacial score (nSPS) is 12.3. The molecule has 0 radical (unpaired) electrons. The third-order valence-electron chi connectivity index (χ3n) is 3.56. The minimum absolute atomic E-state index is 0.0951. The van der Waals surface area contributed by atoms with Gasteiger partial charge in [-0.25, -0.2) is 0 Å². The molecule has 4 heteroatoms. The number of aromatic nitrogens is 2. The first-order valence-corrected chi connectivity index (χ1v) is 6.94. The average molecular weight is 279 g/mol. The molecule has 0 aliphatic heterocycles. The molecular formula is C17H17N3O. The zero-order valence-corrected chi connectivity index (χ0v) is 12.1. The molecule has 3 rings (SSSR count). The third-order valence-corrected chi connectivity index (χ3v) is 3.56. The van der Waals surface area contributed by atoms with Crippen molar-refractivity contribution in [1.82, 2.24) is 15.3 Å². The van der Waals surface area contributed by atoms with E-state index in [1.165, 1.54) is 0 Å². The van der Waals surface area contributed by atoms with Crippen LogP contribution in [0.25, 0.3) is 10.9 Å². The van der Waals surface area contributed by atoms with Crippen LogP contribution in [0.3, 0.4) is 0 Å². The molecule has 0 saturated carbocycles. The summed E-state index contributed by atoms with van der Waals surface area (Å²) >= 11 is 0. The predicted octanol–water partition coefficient (Wildman–Crippen LogP) is 3.36. The van der Waals surface area contributed by atoms with Crippen molar-refractivity contribution in [2.24, 2.45) is 0 Å². The molecule has 3 aromatic rings. The number of nitrogens with zero attached hydrogens (tertiary/aromatic N) is 1. The fourth-order valence-electron chi connectivity index (χ4n) is 2.34. The highest BCUT2D eigenvalue weighted by atomic mass is 16.1. The van der Waals surface area contributed by atoms with Crippen LogP contribution in [0.5, 0.6) is 0 Å². The predicted molar refractivity (Wildman–Crippen MR) is 83.2 cm³/mol. The number of pyridine rings is 1. The molecule has 2 aromatic heterocycles. The lowest BCUT2D eigenvalue weighted by Crippen LogP contribution is -2.27. The molecule has 106 valence electrons. The first kappa shape index (κ1) is 13.4. The molecule has 2 heterocycles. The number of aromatic amines is 1. The second-order valence-corrected chi connectivity index (χ2v) is 5.20. The molecule has 4 nitrogen and oxygen atoms in total. The molecule has 0 bridgehead atoms. The highest BCUT2D eigenvalue weighted by molar-refractivity contribution is 6.06. The number of nitrogens with one attached hydrogen (secondary N) is 2. The zero-order valence-electron chi connectivity index (χ0n) is 12.1. The number of amides is 1. The molecular weight excluding hydrogens is 262 g/mol. The highest BCUT2D eigenvalue weighted by Gasteiger charge is 2.15. The summed E-state index contributed by atoms with van der Waals surface area (Å²) in [5.74, 6) is -0.0951. The molecule has 0 spiro atoms. The zero-order chi connectivity index (χ0) is 14.8. The van der Waals surface area contributed by atoms with Gasteiger partial charge in [0.05, 0.1) is 17.3 Å². The van der Waals surface area contributed by atoms with Crippen molar-refractivity contribution in [1.29, 1.82) is 0 Å². The number of rotatable bonds is 3. The van der Waals surface area contributed by atoms with Gasteiger partial charge in [0.15, 0.2) is 0 Å². The van der Waals surface area contributed by atoms with E-state index in [0.29, 0.717) is 5.56 Å². The van der Waals surface area contributed by atoms with E-state index in [1.54, 1.807) is 6.20 Å². The number of carbonyl (C=O) groups excluding carboxylic acids is 1. The number of hydrogen-bond acceptors (Lipinski definition) is 2. The monoisotopic (exact) mass is 279 g/mol. The van der Waals surface area contributed by atoms with E-state index in [-0.39, 0.29) is 11.9 Å². The van der Waals surface area contributed by atoms with Gasteiger partial charge in [-0.3, -0.25) is 9.78 Å². The Balaban J connectivity index is 1.81. The maximum atomic E-state index is 12.4. The van der Waals surface area contributed by atoms with Gasteiger partial charge in [-0.05, 0) is 31.5 Å². The number of H-pyrrole nitrogens is 1. The number of hydrogen-bond donors (Lipinski definition) is 2. The SMILES string of the molecule is Cc1ccc([C@@H](C)NC(=O)c2c[nH]c3ccccc23)nc1. The van der Waals surface area contributed by atoms with E-state index >= 15 is 0 Å². The standard InChI is InChI=1S/C17H17N3O/c1-11-7-8-15(18-9-11)12(2)20-17(21)14-10-19-16-6-4-3-5-13(14)16/h3-10,12,19H,1-2H3,(H,20,21)/t12-/m1/s1. The van der Waals surface area contributed by atoms with Gasteiger partial charge < -0.3 is 10.3 Å². The second-order valence-electron chi connectivity index (χ2n) is 5.20. The Kier molecular flexibility index (Phi) is 3.44. The fourth-order valence-corrected chi connectivity index (χ4v) is 2.34. The fraction of sp³-hybridized carbons (Fsp3) is 0.176. The lowest BCUT2D eigenvalue weighted by atomic mass is 10.1. The number of benzene rings is 1. The second kappa shape index (κ2) is 5.40. The molecule has 0 aliphatic rings. The van der Waals surface area contributed by atoms with Gasteiger partial charge in [0, 0.05) is 23.3 Å². The molecule has 0 unspecified atom stereocenters. The van der Waals surface area contributed by atoms with E-state index < -0.39 is 0 Å². The van der Waals surface area contributed by atoms with Crippen molar-refractivity contribution in [3.63, 3.8) is 0 Å². The van der Waals surface area contributed by atoms with Gasteiger partial charge in [0.1, 0.15) is 0 Å². The summed E-state index contributed by atoms with van der Waals surface area (Å²) in [6.45, 7) is 3.93. The van der Waals surface area contributed by atoms with Crippen molar-refractivity contribution >= 4 is 16.8 Å². The Morgan fingerprint density at radius 3 is 2.81 bits per heavy atom. The molecule has 1 atom stereocenters. The van der Waals surface area contributed by atoms with E-state index in [2.05, 4.69) is 15.3 Å². The molecule has 0 saturated heterocycles. The molecule has 1 amide bonds. The largest absolute Gasteiger partial charge is 0.360 e. The first-order valence-electron chi connectivity index (χ1n) is 6.94. The summed E-state index contributed by atoms with van der Waals surface area (Å²) in [7, 11) is 0. The number of fused-ring (bicyclic) bond motifs is 1. The topological polar surface area (TPSA) is 57.8 Å². The Hall–Kier alpha value is -2.62. The van der Waals surface area contributed by atoms with Crippen LogP contribution >= 0.6 is 0 Å². The van der Waals surface area contributed by atoms with E-state index in [4.69, 9.17) is 0 Å². The summed E-state index contributed by atoms with van der Waals surface area (Å²) in [5, 5.41) is 3.92. The van der Waals surface area contributed by atoms with E-state index in [0.717, 1.165) is 22.2 Å². The van der Waals surface area contributed by atoms with Gasteiger partial charge in [-0.15, -0.1) is 0 Å². The smallest absolute Gasteiger partial charge is 0.253 e. The maximum Gasteiger partial charge on any atom is 0.253 e. The first-order chi connectivity index (χ1) is 10.1. The van der Waals surface area contributed by atoms with Gasteiger partial charge >= 0.3 is 0 Å². The van der Waals surface area contributed by atoms with Crippen molar-refractivity contribution in [2.75, 3.05) is 0 Å². The van der Waals surface area contributed by atoms with Crippen LogP contribution in [0.2, 0.25) is 0 Å². The van der Waals surface area contributed by atoms with Crippen molar-refractivity contribution in [3.05, 3.63) is 65.6 Å². The van der Waals surface area contributed by atoms with Crippen LogP contribution in [-0.2, 0) is 0 Å². The van der Waals surface area contributed by atoms with E-state index in [1.807, 2.05) is 56.4 Å². The van der Waals surface area contributed by atoms with Crippen LogP contribution in [0.4, 0.5) is 0 Å². The van der Waals surface area contributed by atoms with Crippen molar-refractivity contribution in [3.8, 4) is 0 Å². The van der Waals surface area contributed by atoms with Crippen molar-refractivity contribution < 1.29 is 4.79 Å². The van der Waals surface area contributed by atoms with Gasteiger partial charge in [-0.1, -0.05) is 24.3 Å². The van der Waals surface area contributed by atoms with Gasteiger partial charge in [0.2, 0.25) is 0 Å². The average Bonchev–Trinajstić information content (AvgIpc) is 2.92. The van der Waals surface area contributed by atoms with Crippen LogP contribution in [0.1, 0.15) is 34.6 Å². The van der Waals surface area contributed by atoms with Crippen LogP contribution in [0, 0.1) is 6.92 Å². The van der Waals surface area contributed by atoms with E-state index in [9.17, 15) is 4.79 Å². The molecule has 21 heavy (non-hydrogen) atoms. The van der Waals surface area contributed by atoms with Gasteiger partial charge in [0.25, 0.3) is 5.91 Å². The molecule has 2 N–H and O–H groups in total. The van der Waals surface area contributed by atoms with Crippen LogP contribution < -0.4 is 5.32 Å². The minimum atomic E-state index is -0.133. The highest BCUT2D eigenvalue weighted by Crippen LogP contribution is 2.19. The summed E-state index contributed by atoms with van der Waals surface area (Å²) < 4.78 is 0. The number of para-hydroxylation sites is 1. The minimum Gasteiger partial charge on any atom is -0.360 e. The van der Waals surface area contributed by atoms with Crippen LogP contribution in [-0.4, -0.2) is 15.9 Å². The quantitative estimate of drug-likeness (QED) is 0.772. The summed E-state index contributed by atoms with van der Waals surface area (Å²) in [6.07, 6.45) is 3.55. The van der Waals surface area contributed by atoms with Crippen molar-refractivity contribution in [2.45, 2.75) is 19.9 Å². The maximum absolute atomic E-state index is 12.4. The Labute approximate surface area is 123 Å². The van der Waals surface area contributed by atoms with Crippen LogP contribution in [0.15, 0.2) is 48.8 Å². The Bertz CT molecular complexity index is 774. The lowest BCUT2D eigenvalue weighted by Gasteiger charge is -2.13. The number of carbonyl (C=O) groups is 1. The molecule has 0 fully saturated rings. The summed E-state index contributed by atoms with van der Waals surface area (Å²) in [5.41, 5.74) is 3.58. The Morgan fingerprint density at radius 2 is 2.05 bits per heavy atom. The third kappa shape index (κ3) is 2.65. The summed E-state index contributed by atoms with van der Waals surface area (Å²) in [6, 6.07) is 11.6. The lowest BCUT2D eigenvalue weighted by molar-refractivity contribution is 0.0941. The number of aryl methyl sites for hydroxylation is 1. The molecule has 1 aromatic carbocycles.